The maximum absolute atomic E-state index is 11.1. The van der Waals surface area contributed by atoms with Gasteiger partial charge in [0.15, 0.2) is 13.2 Å². The van der Waals surface area contributed by atoms with Crippen LogP contribution in [0.25, 0.3) is 0 Å². The van der Waals surface area contributed by atoms with Gasteiger partial charge in [0.1, 0.15) is 0 Å². The van der Waals surface area contributed by atoms with Gasteiger partial charge in [-0.1, -0.05) is 22.6 Å². The Bertz CT molecular complexity index is 139. The Morgan fingerprint density at radius 2 is 2.22 bits per heavy atom. The highest BCUT2D eigenvalue weighted by molar-refractivity contribution is 14.1. The minimum absolute atomic E-state index is 0.332. The first-order valence-electron chi connectivity index (χ1n) is 2.48. The molecule has 0 radical (unpaired) electrons. The zero-order valence-corrected chi connectivity index (χ0v) is 7.97. The normalized spacial score (nSPS) is 16.7. The van der Waals surface area contributed by atoms with E-state index in [0.717, 1.165) is 0 Å². The number of carbonyl (C=O) groups is 1. The van der Waals surface area contributed by atoms with Crippen molar-refractivity contribution in [2.45, 2.75) is 0 Å². The lowest BCUT2D eigenvalue weighted by Crippen LogP contribution is -2.06. The smallest absolute Gasteiger partial charge is 0.179 e. The van der Waals surface area contributed by atoms with E-state index in [9.17, 15) is 9.36 Å². The number of carbonyl (C=O) groups excluding carboxylic acids is 1. The average Bonchev–Trinajstić information content (AvgIpc) is 1.89. The molecule has 0 spiro atoms. The van der Waals surface area contributed by atoms with E-state index in [-0.39, 0.29) is 0 Å². The van der Waals surface area contributed by atoms with Gasteiger partial charge in [-0.05, 0) is 6.54 Å². The summed E-state index contributed by atoms with van der Waals surface area (Å²) in [4.78, 5) is 10.1. The van der Waals surface area contributed by atoms with E-state index in [0.29, 0.717) is 22.9 Å². The Morgan fingerprint density at radius 1 is 1.67 bits per heavy atom. The number of hydrogen-bond donors (Lipinski definition) is 1. The van der Waals surface area contributed by atoms with Gasteiger partial charge >= 0.3 is 0 Å². The number of halogens is 1. The van der Waals surface area contributed by atoms with Crippen LogP contribution in [0.5, 0.6) is 0 Å². The molecule has 0 heterocycles. The Balaban J connectivity index is 3.93. The van der Waals surface area contributed by atoms with Crippen LogP contribution in [0.2, 0.25) is 0 Å². The molecule has 0 aliphatic rings. The third kappa shape index (κ3) is 3.33. The largest absolute Gasteiger partial charge is 0.330 e. The Hall–Kier alpha value is 0.590. The van der Waals surface area contributed by atoms with Gasteiger partial charge in [0.25, 0.3) is 0 Å². The second kappa shape index (κ2) is 4.41. The van der Waals surface area contributed by atoms with Crippen LogP contribution in [0.3, 0.4) is 0 Å². The van der Waals surface area contributed by atoms with Crippen LogP contribution in [0.4, 0.5) is 0 Å². The van der Waals surface area contributed by atoms with Gasteiger partial charge in [0, 0.05) is 6.16 Å². The molecule has 0 aliphatic carbocycles. The SMILES string of the molecule is NCCP(=O)(C=O)CI. The molecular weight excluding hydrogens is 252 g/mol. The molecule has 0 aromatic heterocycles. The van der Waals surface area contributed by atoms with E-state index in [1.54, 1.807) is 0 Å². The van der Waals surface area contributed by atoms with Crippen LogP contribution >= 0.6 is 29.7 Å². The van der Waals surface area contributed by atoms with Gasteiger partial charge in [-0.25, -0.2) is 0 Å². The summed E-state index contributed by atoms with van der Waals surface area (Å²) in [5.74, 6) is 0. The second-order valence-corrected chi connectivity index (χ2v) is 6.54. The molecule has 0 amide bonds. The Kier molecular flexibility index (Phi) is 4.70. The van der Waals surface area contributed by atoms with Gasteiger partial charge in [-0.15, -0.1) is 0 Å². The highest BCUT2D eigenvalue weighted by atomic mass is 127. The minimum Gasteiger partial charge on any atom is -0.330 e. The summed E-state index contributed by atoms with van der Waals surface area (Å²) in [6, 6.07) is 0.548. The summed E-state index contributed by atoms with van der Waals surface area (Å²) in [7, 11) is -2.50. The molecule has 0 saturated carbocycles. The third-order valence-corrected chi connectivity index (χ3v) is 6.17. The first kappa shape index (κ1) is 9.59. The van der Waals surface area contributed by atoms with Crippen LogP contribution < -0.4 is 5.73 Å². The maximum Gasteiger partial charge on any atom is 0.179 e. The van der Waals surface area contributed by atoms with E-state index >= 15 is 0 Å². The van der Waals surface area contributed by atoms with Gasteiger partial charge in [-0.3, -0.25) is 4.79 Å². The zero-order valence-electron chi connectivity index (χ0n) is 4.92. The van der Waals surface area contributed by atoms with Crippen molar-refractivity contribution in [1.29, 1.82) is 0 Å². The van der Waals surface area contributed by atoms with Crippen molar-refractivity contribution in [3.05, 3.63) is 0 Å². The quantitative estimate of drug-likeness (QED) is 0.354. The molecule has 1 atom stereocenters. The Morgan fingerprint density at radius 3 is 2.33 bits per heavy atom. The molecule has 1 unspecified atom stereocenters. The lowest BCUT2D eigenvalue weighted by Gasteiger charge is -2.03. The van der Waals surface area contributed by atoms with Crippen molar-refractivity contribution >= 4 is 35.8 Å². The van der Waals surface area contributed by atoms with Crippen molar-refractivity contribution in [3.63, 3.8) is 0 Å². The van der Waals surface area contributed by atoms with Crippen molar-refractivity contribution in [2.75, 3.05) is 16.9 Å². The fraction of sp³-hybridized carbons (Fsp3) is 0.750. The van der Waals surface area contributed by atoms with Crippen LogP contribution in [-0.4, -0.2) is 22.9 Å². The van der Waals surface area contributed by atoms with E-state index < -0.39 is 7.14 Å². The predicted molar refractivity (Wildman–Crippen MR) is 47.2 cm³/mol. The maximum atomic E-state index is 11.1. The highest BCUT2D eigenvalue weighted by Gasteiger charge is 2.16. The van der Waals surface area contributed by atoms with Crippen molar-refractivity contribution in [3.8, 4) is 0 Å². The standard InChI is InChI=1S/C4H9INO2P/c5-3-9(8,4-7)2-1-6/h4H,1-3,6H2. The summed E-state index contributed by atoms with van der Waals surface area (Å²) in [5.41, 5.74) is 5.13. The number of hydrogen-bond acceptors (Lipinski definition) is 3. The minimum atomic E-state index is -2.50. The van der Waals surface area contributed by atoms with Crippen LogP contribution in [0.1, 0.15) is 0 Å². The Labute approximate surface area is 67.9 Å². The zero-order chi connectivity index (χ0) is 7.33. The van der Waals surface area contributed by atoms with Gasteiger partial charge in [0.2, 0.25) is 0 Å². The van der Waals surface area contributed by atoms with Gasteiger partial charge < -0.3 is 10.3 Å². The molecule has 9 heavy (non-hydrogen) atoms. The van der Waals surface area contributed by atoms with E-state index in [2.05, 4.69) is 0 Å². The van der Waals surface area contributed by atoms with Crippen LogP contribution in [0.15, 0.2) is 0 Å². The van der Waals surface area contributed by atoms with Gasteiger partial charge in [0.05, 0.1) is 4.17 Å². The summed E-state index contributed by atoms with van der Waals surface area (Å²) in [6.45, 7) is 0.332. The van der Waals surface area contributed by atoms with E-state index in [1.807, 2.05) is 22.6 Å². The summed E-state index contributed by atoms with van der Waals surface area (Å²) < 4.78 is 11.5. The summed E-state index contributed by atoms with van der Waals surface area (Å²) in [5, 5.41) is 0. The molecule has 0 aromatic carbocycles. The fourth-order valence-electron chi connectivity index (χ4n) is 0.359. The van der Waals surface area contributed by atoms with Crippen LogP contribution in [0, 0.1) is 0 Å². The first-order valence-corrected chi connectivity index (χ1v) is 6.16. The topological polar surface area (TPSA) is 60.2 Å². The van der Waals surface area contributed by atoms with Gasteiger partial charge in [-0.2, -0.15) is 0 Å². The second-order valence-electron chi connectivity index (χ2n) is 1.69. The highest BCUT2D eigenvalue weighted by Crippen LogP contribution is 2.42. The first-order chi connectivity index (χ1) is 4.18. The van der Waals surface area contributed by atoms with Crippen molar-refractivity contribution in [1.82, 2.24) is 0 Å². The number of nitrogens with two attached hydrogens (primary N) is 1. The number of alkyl halides is 1. The number of rotatable bonds is 4. The predicted octanol–water partition coefficient (Wildman–Crippen LogP) is 0.891. The molecule has 0 fully saturated rings. The van der Waals surface area contributed by atoms with Crippen LogP contribution in [-0.2, 0) is 9.36 Å². The molecule has 0 rings (SSSR count). The van der Waals surface area contributed by atoms with E-state index in [4.69, 9.17) is 5.73 Å². The molecular formula is C4H9INO2P. The summed E-state index contributed by atoms with van der Waals surface area (Å²) >= 11 is 1.94. The molecule has 0 bridgehead atoms. The van der Waals surface area contributed by atoms with E-state index in [1.165, 1.54) is 0 Å². The van der Waals surface area contributed by atoms with Crippen molar-refractivity contribution < 1.29 is 9.36 Å². The summed E-state index contributed by atoms with van der Waals surface area (Å²) in [6.07, 6.45) is 0.347. The lowest BCUT2D eigenvalue weighted by atomic mass is 10.8. The van der Waals surface area contributed by atoms with Crippen molar-refractivity contribution in [2.24, 2.45) is 5.73 Å². The molecule has 0 aliphatic heterocycles. The lowest BCUT2D eigenvalue weighted by molar-refractivity contribution is 0.554. The monoisotopic (exact) mass is 261 g/mol. The molecule has 0 saturated heterocycles. The molecule has 2 N–H and O–H groups in total. The third-order valence-electron chi connectivity index (χ3n) is 0.902. The molecule has 3 nitrogen and oxygen atoms in total. The fourth-order valence-corrected chi connectivity index (χ4v) is 2.58. The average molecular weight is 261 g/mol. The molecule has 54 valence electrons. The molecule has 5 heteroatoms. The molecule has 0 aromatic rings.